The van der Waals surface area contributed by atoms with Crippen LogP contribution in [-0.2, 0) is 9.59 Å². The molecule has 5 heterocycles. The number of carbonyl (C=O) groups excluding carboxylic acids is 2. The number of fused-ring (bicyclic) bond motifs is 1. The van der Waals surface area contributed by atoms with Crippen LogP contribution in [0.2, 0.25) is 0 Å². The number of nitrogens with zero attached hydrogens (tertiary/aromatic N) is 5. The number of hydrogen-bond donors (Lipinski definition) is 4. The van der Waals surface area contributed by atoms with Crippen molar-refractivity contribution in [2.45, 2.75) is 37.4 Å². The second kappa shape index (κ2) is 9.90. The van der Waals surface area contributed by atoms with Gasteiger partial charge < -0.3 is 20.9 Å². The Hall–Kier alpha value is -2.45. The maximum atomic E-state index is 15.0. The van der Waals surface area contributed by atoms with Crippen molar-refractivity contribution in [3.63, 3.8) is 0 Å². The van der Waals surface area contributed by atoms with E-state index in [-0.39, 0.29) is 36.4 Å². The molecule has 4 unspecified atom stereocenters. The Morgan fingerprint density at radius 2 is 1.97 bits per heavy atom. The van der Waals surface area contributed by atoms with E-state index in [1.54, 1.807) is 5.01 Å². The minimum Gasteiger partial charge on any atom is -0.364 e. The third kappa shape index (κ3) is 4.70. The largest absolute Gasteiger partial charge is 0.364 e. The van der Waals surface area contributed by atoms with E-state index in [1.165, 1.54) is 6.20 Å². The molecule has 0 bridgehead atoms. The van der Waals surface area contributed by atoms with Gasteiger partial charge in [0.05, 0.1) is 42.4 Å². The first-order chi connectivity index (χ1) is 16.8. The molecule has 13 heteroatoms. The summed E-state index contributed by atoms with van der Waals surface area (Å²) in [5.41, 5.74) is 9.57. The summed E-state index contributed by atoms with van der Waals surface area (Å²) >= 11 is 0. The molecule has 0 saturated carbocycles. The second-order valence-electron chi connectivity index (χ2n) is 9.74. The zero-order valence-electron chi connectivity index (χ0n) is 19.8. The molecule has 5 atom stereocenters. The number of piperazine rings is 1. The Morgan fingerprint density at radius 3 is 2.69 bits per heavy atom. The lowest BCUT2D eigenvalue weighted by atomic mass is 10.0. The van der Waals surface area contributed by atoms with Gasteiger partial charge in [0, 0.05) is 39.3 Å². The van der Waals surface area contributed by atoms with Gasteiger partial charge in [0.2, 0.25) is 11.8 Å². The Bertz CT molecular complexity index is 961. The Labute approximate surface area is 202 Å². The van der Waals surface area contributed by atoms with Gasteiger partial charge in [0.15, 0.2) is 5.82 Å². The van der Waals surface area contributed by atoms with Gasteiger partial charge in [0.1, 0.15) is 11.9 Å². The second-order valence-corrected chi connectivity index (χ2v) is 9.74. The number of hydrogen-bond acceptors (Lipinski definition) is 9. The number of halogens is 2. The van der Waals surface area contributed by atoms with E-state index in [1.807, 2.05) is 16.8 Å². The van der Waals surface area contributed by atoms with Crippen LogP contribution >= 0.6 is 0 Å². The summed E-state index contributed by atoms with van der Waals surface area (Å²) in [6.45, 7) is 3.00. The van der Waals surface area contributed by atoms with Gasteiger partial charge in [0.25, 0.3) is 0 Å². The average Bonchev–Trinajstić information content (AvgIpc) is 3.40. The molecule has 192 valence electrons. The first kappa shape index (κ1) is 24.3. The van der Waals surface area contributed by atoms with E-state index in [0.717, 1.165) is 25.6 Å². The molecule has 2 amide bonds. The molecule has 4 fully saturated rings. The number of anilines is 2. The van der Waals surface area contributed by atoms with Crippen LogP contribution in [0.3, 0.4) is 0 Å². The van der Waals surface area contributed by atoms with E-state index in [2.05, 4.69) is 25.9 Å². The van der Waals surface area contributed by atoms with Crippen LogP contribution in [0.4, 0.5) is 20.2 Å². The van der Waals surface area contributed by atoms with Crippen molar-refractivity contribution in [3.05, 3.63) is 18.2 Å². The predicted molar refractivity (Wildman–Crippen MR) is 125 cm³/mol. The Kier molecular flexibility index (Phi) is 6.86. The van der Waals surface area contributed by atoms with Gasteiger partial charge >= 0.3 is 0 Å². The van der Waals surface area contributed by atoms with Crippen LogP contribution in [0.5, 0.6) is 0 Å². The van der Waals surface area contributed by atoms with Crippen LogP contribution in [0.15, 0.2) is 12.4 Å². The molecule has 35 heavy (non-hydrogen) atoms. The van der Waals surface area contributed by atoms with Gasteiger partial charge in [-0.1, -0.05) is 0 Å². The number of rotatable bonds is 4. The van der Waals surface area contributed by atoms with E-state index >= 15 is 0 Å². The number of amides is 2. The molecule has 0 spiro atoms. The van der Waals surface area contributed by atoms with Crippen molar-refractivity contribution in [3.8, 4) is 0 Å². The van der Waals surface area contributed by atoms with Gasteiger partial charge in [-0.25, -0.2) is 19.2 Å². The van der Waals surface area contributed by atoms with Crippen molar-refractivity contribution in [1.29, 1.82) is 0 Å². The van der Waals surface area contributed by atoms with Crippen LogP contribution < -0.4 is 26.7 Å². The van der Waals surface area contributed by atoms with E-state index < -0.39 is 36.1 Å². The highest BCUT2D eigenvalue weighted by molar-refractivity contribution is 5.96. The fourth-order valence-corrected chi connectivity index (χ4v) is 5.62. The topological polar surface area (TPSA) is 122 Å². The van der Waals surface area contributed by atoms with Gasteiger partial charge in [-0.3, -0.25) is 24.8 Å². The zero-order valence-corrected chi connectivity index (χ0v) is 19.8. The maximum Gasteiger partial charge on any atom is 0.240 e. The summed E-state index contributed by atoms with van der Waals surface area (Å²) in [7, 11) is 1.97. The number of nitrogens with two attached hydrogens (primary N) is 1. The van der Waals surface area contributed by atoms with Gasteiger partial charge in [-0.05, 0) is 26.4 Å². The average molecular weight is 494 g/mol. The third-order valence-corrected chi connectivity index (χ3v) is 7.47. The fraction of sp³-hybridized carbons (Fsp3) is 0.682. The lowest BCUT2D eigenvalue weighted by Crippen LogP contribution is -2.58. The molecule has 4 saturated heterocycles. The molecular weight excluding hydrogens is 460 g/mol. The molecule has 4 aliphatic rings. The number of alkyl halides is 1. The predicted octanol–water partition coefficient (Wildman–Crippen LogP) is -1.11. The normalized spacial score (nSPS) is 32.1. The number of likely N-dealkylation sites (tertiary alicyclic amines) is 1. The van der Waals surface area contributed by atoms with Gasteiger partial charge in [-0.2, -0.15) is 0 Å². The molecule has 1 aromatic heterocycles. The molecule has 0 aromatic carbocycles. The van der Waals surface area contributed by atoms with Crippen molar-refractivity contribution in [1.82, 2.24) is 30.5 Å². The molecule has 0 radical (unpaired) electrons. The Morgan fingerprint density at radius 1 is 1.20 bits per heavy atom. The molecular formula is C22H33F2N9O2. The molecule has 4 aliphatic heterocycles. The van der Waals surface area contributed by atoms with Crippen LogP contribution in [0, 0.1) is 11.7 Å². The maximum absolute atomic E-state index is 15.0. The summed E-state index contributed by atoms with van der Waals surface area (Å²) in [5, 5.41) is 7.42. The number of likely N-dealkylation sites (N-methyl/N-ethyl adjacent to an activating group) is 1. The molecule has 1 aromatic rings. The van der Waals surface area contributed by atoms with Crippen molar-refractivity contribution >= 4 is 23.2 Å². The molecule has 0 aliphatic carbocycles. The fourth-order valence-electron chi connectivity index (χ4n) is 5.62. The minimum atomic E-state index is -1.06. The van der Waals surface area contributed by atoms with Crippen molar-refractivity contribution in [2.24, 2.45) is 11.7 Å². The summed E-state index contributed by atoms with van der Waals surface area (Å²) in [5.74, 6) is -1.55. The quantitative estimate of drug-likeness (QED) is 0.414. The highest BCUT2D eigenvalue weighted by Crippen LogP contribution is 2.31. The first-order valence-corrected chi connectivity index (χ1v) is 12.2. The van der Waals surface area contributed by atoms with E-state index in [0.29, 0.717) is 26.2 Å². The molecule has 5 rings (SSSR count). The SMILES string of the molecule is CN1CCC[C@@H]1C(=O)N1CCN(c2c(F)cncc2NC(=O)C2C(N)NN3CC(F)CNC23)CC1. The number of pyridine rings is 1. The smallest absolute Gasteiger partial charge is 0.240 e. The number of aromatic nitrogens is 1. The summed E-state index contributed by atoms with van der Waals surface area (Å²) in [6.07, 6.45) is 2.16. The zero-order chi connectivity index (χ0) is 24.7. The van der Waals surface area contributed by atoms with E-state index in [9.17, 15) is 18.4 Å². The van der Waals surface area contributed by atoms with Crippen LogP contribution in [0.25, 0.3) is 0 Å². The lowest BCUT2D eigenvalue weighted by molar-refractivity contribution is -0.135. The summed E-state index contributed by atoms with van der Waals surface area (Å²) in [6, 6.07) is -0.0843. The van der Waals surface area contributed by atoms with Crippen LogP contribution in [0.1, 0.15) is 12.8 Å². The highest BCUT2D eigenvalue weighted by Gasteiger charge is 2.47. The standard InChI is InChI=1S/C22H33F2N9O2/c1-30-4-2-3-16(30)22(35)32-7-5-31(6-8-32)18-14(24)10-26-11-15(18)28-21(34)17-19(25)29-33-12-13(23)9-27-20(17)33/h10-11,13,16-17,19-20,27,29H,2-9,12,25H2,1H3,(H,28,34)/t13?,16-,17?,19?,20?/m1/s1. The minimum absolute atomic E-state index is 0.0843. The molecule has 11 nitrogen and oxygen atoms in total. The number of nitrogens with one attached hydrogen (secondary N) is 3. The van der Waals surface area contributed by atoms with Crippen molar-refractivity contribution in [2.75, 3.05) is 63.1 Å². The van der Waals surface area contributed by atoms with Crippen molar-refractivity contribution < 1.29 is 18.4 Å². The number of hydrazine groups is 1. The Balaban J connectivity index is 1.27. The highest BCUT2D eigenvalue weighted by atomic mass is 19.1. The molecule has 5 N–H and O–H groups in total. The van der Waals surface area contributed by atoms with Gasteiger partial charge in [-0.15, -0.1) is 0 Å². The summed E-state index contributed by atoms with van der Waals surface area (Å²) in [4.78, 5) is 35.8. The monoisotopic (exact) mass is 493 g/mol. The number of carbonyl (C=O) groups is 2. The summed E-state index contributed by atoms with van der Waals surface area (Å²) < 4.78 is 28.7. The van der Waals surface area contributed by atoms with E-state index in [4.69, 9.17) is 5.73 Å². The third-order valence-electron chi connectivity index (χ3n) is 7.47. The van der Waals surface area contributed by atoms with Crippen LogP contribution in [-0.4, -0.2) is 109 Å². The lowest BCUT2D eigenvalue weighted by Gasteiger charge is -2.38. The first-order valence-electron chi connectivity index (χ1n) is 12.2.